The van der Waals surface area contributed by atoms with Gasteiger partial charge in [-0.05, 0) is 0 Å². The lowest BCUT2D eigenvalue weighted by Crippen LogP contribution is -2.15. The molecule has 0 fully saturated rings. The van der Waals surface area contributed by atoms with Crippen molar-refractivity contribution >= 4 is 28.1 Å². The van der Waals surface area contributed by atoms with Crippen LogP contribution in [0.25, 0.3) is 0 Å². The first kappa shape index (κ1) is 10.9. The first-order valence-corrected chi connectivity index (χ1v) is 4.54. The van der Waals surface area contributed by atoms with E-state index in [0.717, 1.165) is 11.3 Å². The molecule has 1 aromatic rings. The second kappa shape index (κ2) is 4.92. The third-order valence-corrected chi connectivity index (χ3v) is 1.93. The van der Waals surface area contributed by atoms with Crippen molar-refractivity contribution in [1.29, 1.82) is 5.26 Å². The van der Waals surface area contributed by atoms with E-state index in [2.05, 4.69) is 15.0 Å². The number of hydrogen-bond donors (Lipinski definition) is 2. The van der Waals surface area contributed by atoms with Crippen LogP contribution in [-0.2, 0) is 9.63 Å². The number of rotatable bonds is 4. The highest BCUT2D eigenvalue weighted by molar-refractivity contribution is 7.13. The average Bonchev–Trinajstić information content (AvgIpc) is 2.59. The van der Waals surface area contributed by atoms with E-state index in [0.29, 0.717) is 0 Å². The normalized spacial score (nSPS) is 10.7. The van der Waals surface area contributed by atoms with Crippen molar-refractivity contribution in [3.05, 3.63) is 11.1 Å². The van der Waals surface area contributed by atoms with E-state index in [4.69, 9.17) is 16.1 Å². The fourth-order valence-electron chi connectivity index (χ4n) is 0.717. The van der Waals surface area contributed by atoms with E-state index in [1.54, 1.807) is 6.07 Å². The predicted molar refractivity (Wildman–Crippen MR) is 52.3 cm³/mol. The number of nitriles is 1. The highest BCUT2D eigenvalue weighted by Gasteiger charge is 2.16. The van der Waals surface area contributed by atoms with Gasteiger partial charge in [-0.15, -0.1) is 11.3 Å². The van der Waals surface area contributed by atoms with Gasteiger partial charge in [0.2, 0.25) is 12.3 Å². The van der Waals surface area contributed by atoms with Gasteiger partial charge in [0.1, 0.15) is 11.8 Å². The molecular weight excluding hydrogens is 220 g/mol. The van der Waals surface area contributed by atoms with Crippen LogP contribution in [0.15, 0.2) is 10.5 Å². The number of nitrogen functional groups attached to an aromatic ring is 1. The van der Waals surface area contributed by atoms with E-state index < -0.39 is 5.97 Å². The summed E-state index contributed by atoms with van der Waals surface area (Å²) in [7, 11) is 0. The van der Waals surface area contributed by atoms with Gasteiger partial charge in [-0.25, -0.2) is 9.78 Å². The Morgan fingerprint density at radius 1 is 1.87 bits per heavy atom. The Hall–Kier alpha value is -2.14. The third kappa shape index (κ3) is 2.92. The molecule has 1 heterocycles. The number of hydrogen-bond acceptors (Lipinski definition) is 7. The van der Waals surface area contributed by atoms with Crippen molar-refractivity contribution in [2.45, 2.75) is 0 Å². The highest BCUT2D eigenvalue weighted by atomic mass is 32.1. The second-order valence-corrected chi connectivity index (χ2v) is 3.14. The van der Waals surface area contributed by atoms with Crippen LogP contribution in [0.2, 0.25) is 0 Å². The molecule has 1 aromatic heterocycles. The van der Waals surface area contributed by atoms with Gasteiger partial charge in [0.25, 0.3) is 0 Å². The number of oxime groups is 1. The summed E-state index contributed by atoms with van der Waals surface area (Å²) in [5.74, 6) is -1.29. The summed E-state index contributed by atoms with van der Waals surface area (Å²) in [6, 6.07) is 1.65. The molecule has 0 radical (unpaired) electrons. The summed E-state index contributed by atoms with van der Waals surface area (Å²) in [5.41, 5.74) is 5.07. The van der Waals surface area contributed by atoms with Gasteiger partial charge >= 0.3 is 5.97 Å². The van der Waals surface area contributed by atoms with Gasteiger partial charge in [-0.3, -0.25) is 0 Å². The molecule has 3 N–H and O–H groups in total. The van der Waals surface area contributed by atoms with Crippen LogP contribution in [0.4, 0.5) is 5.13 Å². The van der Waals surface area contributed by atoms with E-state index in [1.807, 2.05) is 0 Å². The van der Waals surface area contributed by atoms with Crippen LogP contribution in [-0.4, -0.2) is 28.4 Å². The summed E-state index contributed by atoms with van der Waals surface area (Å²) in [5, 5.41) is 21.9. The van der Waals surface area contributed by atoms with Gasteiger partial charge in [0.05, 0.1) is 0 Å². The minimum atomic E-state index is -1.29. The summed E-state index contributed by atoms with van der Waals surface area (Å²) < 4.78 is 0. The van der Waals surface area contributed by atoms with Crippen LogP contribution in [0.3, 0.4) is 0 Å². The minimum absolute atomic E-state index is 0.114. The molecule has 15 heavy (non-hydrogen) atoms. The molecular formula is C7H6N4O3S. The summed E-state index contributed by atoms with van der Waals surface area (Å²) in [6.45, 7) is -0.323. The van der Waals surface area contributed by atoms with Crippen molar-refractivity contribution in [3.8, 4) is 6.07 Å². The number of anilines is 1. The summed E-state index contributed by atoms with van der Waals surface area (Å²) in [4.78, 5) is 18.9. The standard InChI is InChI=1S/C7H6N4O3S/c8-1-2-14-11-5(6(12)13)4-3-15-7(9)10-4/h3H,2H2,(H2,9,10)(H,12,13)/b11-5-. The highest BCUT2D eigenvalue weighted by Crippen LogP contribution is 2.12. The zero-order chi connectivity index (χ0) is 11.3. The SMILES string of the molecule is N#CCO/N=C(\C(=O)O)c1csc(N)n1. The topological polar surface area (TPSA) is 122 Å². The van der Waals surface area contributed by atoms with E-state index in [9.17, 15) is 4.79 Å². The van der Waals surface area contributed by atoms with E-state index in [-0.39, 0.29) is 23.1 Å². The maximum Gasteiger partial charge on any atom is 0.360 e. The number of nitrogens with zero attached hydrogens (tertiary/aromatic N) is 3. The molecule has 0 unspecified atom stereocenters. The molecule has 0 aliphatic heterocycles. The fourth-order valence-corrected chi connectivity index (χ4v) is 1.27. The minimum Gasteiger partial charge on any atom is -0.476 e. The molecule has 0 atom stereocenters. The molecule has 0 spiro atoms. The van der Waals surface area contributed by atoms with Crippen molar-refractivity contribution < 1.29 is 14.7 Å². The second-order valence-electron chi connectivity index (χ2n) is 2.25. The lowest BCUT2D eigenvalue weighted by Gasteiger charge is -1.95. The number of thiazole rings is 1. The van der Waals surface area contributed by atoms with Crippen LogP contribution < -0.4 is 5.73 Å². The average molecular weight is 226 g/mol. The maximum absolute atomic E-state index is 10.7. The molecule has 0 saturated heterocycles. The van der Waals surface area contributed by atoms with Crippen molar-refractivity contribution in [3.63, 3.8) is 0 Å². The van der Waals surface area contributed by atoms with Gasteiger partial charge in [0.15, 0.2) is 5.13 Å². The fraction of sp³-hybridized carbons (Fsp3) is 0.143. The molecule has 0 aliphatic rings. The molecule has 78 valence electrons. The van der Waals surface area contributed by atoms with Crippen molar-refractivity contribution in [2.24, 2.45) is 5.16 Å². The first-order valence-electron chi connectivity index (χ1n) is 3.66. The van der Waals surface area contributed by atoms with Crippen molar-refractivity contribution in [1.82, 2.24) is 4.98 Å². The molecule has 0 bridgehead atoms. The van der Waals surface area contributed by atoms with Gasteiger partial charge in [-0.1, -0.05) is 5.16 Å². The molecule has 0 amide bonds. The quantitative estimate of drug-likeness (QED) is 0.425. The number of aromatic nitrogens is 1. The molecule has 0 aliphatic carbocycles. The van der Waals surface area contributed by atoms with Gasteiger partial charge < -0.3 is 15.7 Å². The number of aliphatic carboxylic acids is 1. The molecule has 1 rings (SSSR count). The summed E-state index contributed by atoms with van der Waals surface area (Å²) in [6.07, 6.45) is 0. The van der Waals surface area contributed by atoms with Crippen LogP contribution in [0.1, 0.15) is 5.69 Å². The number of nitrogens with two attached hydrogens (primary N) is 1. The Morgan fingerprint density at radius 3 is 3.07 bits per heavy atom. The Morgan fingerprint density at radius 2 is 2.60 bits per heavy atom. The van der Waals surface area contributed by atoms with Crippen LogP contribution in [0, 0.1) is 11.3 Å². The Kier molecular flexibility index (Phi) is 3.59. The number of carbonyl (C=O) groups is 1. The molecule has 0 aromatic carbocycles. The lowest BCUT2D eigenvalue weighted by atomic mass is 10.3. The maximum atomic E-state index is 10.7. The molecule has 8 heteroatoms. The Labute approximate surface area is 88.4 Å². The van der Waals surface area contributed by atoms with E-state index >= 15 is 0 Å². The zero-order valence-electron chi connectivity index (χ0n) is 7.38. The first-order chi connectivity index (χ1) is 7.15. The largest absolute Gasteiger partial charge is 0.476 e. The van der Waals surface area contributed by atoms with Crippen molar-refractivity contribution in [2.75, 3.05) is 12.3 Å². The van der Waals surface area contributed by atoms with Crippen LogP contribution >= 0.6 is 11.3 Å². The smallest absolute Gasteiger partial charge is 0.360 e. The zero-order valence-corrected chi connectivity index (χ0v) is 8.19. The van der Waals surface area contributed by atoms with Gasteiger partial charge in [-0.2, -0.15) is 5.26 Å². The third-order valence-electron chi connectivity index (χ3n) is 1.25. The Bertz CT molecular complexity index is 434. The van der Waals surface area contributed by atoms with E-state index in [1.165, 1.54) is 5.38 Å². The summed E-state index contributed by atoms with van der Waals surface area (Å²) >= 11 is 1.09. The van der Waals surface area contributed by atoms with Crippen LogP contribution in [0.5, 0.6) is 0 Å². The number of carboxylic acids is 1. The monoisotopic (exact) mass is 226 g/mol. The molecule has 0 saturated carbocycles. The van der Waals surface area contributed by atoms with Gasteiger partial charge in [0, 0.05) is 5.38 Å². The Balaban J connectivity index is 2.89. The molecule has 7 nitrogen and oxygen atoms in total. The number of carboxylic acid groups (broad SMARTS) is 1. The predicted octanol–water partition coefficient (Wildman–Crippen LogP) is 0.0542. The lowest BCUT2D eigenvalue weighted by molar-refractivity contribution is -0.129.